The number of halogens is 1. The Bertz CT molecular complexity index is 933. The van der Waals surface area contributed by atoms with E-state index in [1.165, 1.54) is 24.3 Å². The zero-order chi connectivity index (χ0) is 17.9. The van der Waals surface area contributed by atoms with Crippen LogP contribution in [0.3, 0.4) is 0 Å². The molecule has 8 heteroatoms. The van der Waals surface area contributed by atoms with Crippen LogP contribution in [0.1, 0.15) is 11.3 Å². The van der Waals surface area contributed by atoms with Crippen LogP contribution >= 0.6 is 11.3 Å². The van der Waals surface area contributed by atoms with Crippen molar-refractivity contribution < 1.29 is 12.8 Å². The molecule has 3 rings (SSSR count). The van der Waals surface area contributed by atoms with Gasteiger partial charge in [0.1, 0.15) is 11.5 Å². The van der Waals surface area contributed by atoms with Gasteiger partial charge in [-0.1, -0.05) is 18.2 Å². The Morgan fingerprint density at radius 1 is 1.24 bits per heavy atom. The van der Waals surface area contributed by atoms with E-state index in [1.54, 1.807) is 16.0 Å². The summed E-state index contributed by atoms with van der Waals surface area (Å²) in [4.78, 5) is 1.08. The lowest BCUT2D eigenvalue weighted by Gasteiger charge is -2.08. The number of nitrogens with one attached hydrogen (secondary N) is 1. The van der Waals surface area contributed by atoms with Crippen molar-refractivity contribution >= 4 is 21.4 Å². The van der Waals surface area contributed by atoms with E-state index in [0.717, 1.165) is 16.3 Å². The molecule has 2 heterocycles. The lowest BCUT2D eigenvalue weighted by Crippen LogP contribution is -2.29. The summed E-state index contributed by atoms with van der Waals surface area (Å²) in [5, 5.41) is 6.51. The summed E-state index contributed by atoms with van der Waals surface area (Å²) in [6, 6.07) is 11.4. The Morgan fingerprint density at radius 2 is 2.00 bits per heavy atom. The smallest absolute Gasteiger partial charge is 0.215 e. The summed E-state index contributed by atoms with van der Waals surface area (Å²) >= 11 is 1.61. The van der Waals surface area contributed by atoms with Gasteiger partial charge in [0.25, 0.3) is 0 Å². The van der Waals surface area contributed by atoms with Gasteiger partial charge in [-0.25, -0.2) is 17.5 Å². The number of nitrogens with zero attached hydrogens (tertiary/aromatic N) is 2. The average molecular weight is 379 g/mol. The van der Waals surface area contributed by atoms with Crippen LogP contribution in [-0.2, 0) is 22.3 Å². The monoisotopic (exact) mass is 379 g/mol. The zero-order valence-corrected chi connectivity index (χ0v) is 15.3. The van der Waals surface area contributed by atoms with E-state index in [0.29, 0.717) is 12.1 Å². The highest BCUT2D eigenvalue weighted by Crippen LogP contribution is 2.23. The molecule has 0 bridgehead atoms. The lowest BCUT2D eigenvalue weighted by atomic mass is 10.2. The van der Waals surface area contributed by atoms with Crippen LogP contribution in [0.25, 0.3) is 10.6 Å². The molecule has 132 valence electrons. The van der Waals surface area contributed by atoms with Crippen molar-refractivity contribution in [2.45, 2.75) is 19.2 Å². The van der Waals surface area contributed by atoms with Gasteiger partial charge >= 0.3 is 0 Å². The second-order valence-corrected chi connectivity index (χ2v) is 8.41. The molecule has 0 saturated carbocycles. The number of aryl methyl sites for hydroxylation is 1. The Morgan fingerprint density at radius 3 is 2.68 bits per heavy atom. The van der Waals surface area contributed by atoms with Crippen LogP contribution in [0.4, 0.5) is 4.39 Å². The highest BCUT2D eigenvalue weighted by Gasteiger charge is 2.12. The first-order chi connectivity index (χ1) is 11.9. The minimum absolute atomic E-state index is 0.175. The number of hydrogen-bond acceptors (Lipinski definition) is 4. The molecule has 0 aliphatic heterocycles. The van der Waals surface area contributed by atoms with E-state index in [2.05, 4.69) is 9.82 Å². The molecule has 0 radical (unpaired) electrons. The van der Waals surface area contributed by atoms with Gasteiger partial charge in [0, 0.05) is 12.2 Å². The van der Waals surface area contributed by atoms with Crippen molar-refractivity contribution in [1.29, 1.82) is 0 Å². The van der Waals surface area contributed by atoms with Gasteiger partial charge in [0.05, 0.1) is 17.2 Å². The van der Waals surface area contributed by atoms with Crippen molar-refractivity contribution in [3.63, 3.8) is 0 Å². The van der Waals surface area contributed by atoms with Gasteiger partial charge in [-0.2, -0.15) is 5.10 Å². The number of hydrogen-bond donors (Lipinski definition) is 1. The SMILES string of the molecule is Cc1cc(-c2cccs2)nn1CCNS(=O)(=O)Cc1ccc(F)cc1. The van der Waals surface area contributed by atoms with Gasteiger partial charge in [-0.15, -0.1) is 11.3 Å². The predicted octanol–water partition coefficient (Wildman–Crippen LogP) is 3.18. The standard InChI is InChI=1S/C17H18FN3O2S2/c1-13-11-16(17-3-2-10-24-17)20-21(13)9-8-19-25(22,23)12-14-4-6-15(18)7-5-14/h2-7,10-11,19H,8-9,12H2,1H3. The molecule has 1 N–H and O–H groups in total. The van der Waals surface area contributed by atoms with Crippen LogP contribution in [-0.4, -0.2) is 24.7 Å². The van der Waals surface area contributed by atoms with E-state index in [-0.39, 0.29) is 18.1 Å². The Kier molecular flexibility index (Phi) is 5.31. The molecule has 0 saturated heterocycles. The minimum Gasteiger partial charge on any atom is -0.268 e. The molecular formula is C17H18FN3O2S2. The van der Waals surface area contributed by atoms with E-state index < -0.39 is 10.0 Å². The lowest BCUT2D eigenvalue weighted by molar-refractivity contribution is 0.555. The first-order valence-electron chi connectivity index (χ1n) is 7.73. The maximum absolute atomic E-state index is 12.9. The summed E-state index contributed by atoms with van der Waals surface area (Å²) in [5.41, 5.74) is 2.41. The van der Waals surface area contributed by atoms with Crippen molar-refractivity contribution in [2.24, 2.45) is 0 Å². The summed E-state index contributed by atoms with van der Waals surface area (Å²) in [5.74, 6) is -0.559. The zero-order valence-electron chi connectivity index (χ0n) is 13.6. The fourth-order valence-corrected chi connectivity index (χ4v) is 4.26. The van der Waals surface area contributed by atoms with Crippen molar-refractivity contribution in [3.05, 3.63) is 64.9 Å². The number of sulfonamides is 1. The van der Waals surface area contributed by atoms with Gasteiger partial charge in [0.2, 0.25) is 10.0 Å². The fourth-order valence-electron chi connectivity index (χ4n) is 2.44. The summed E-state index contributed by atoms with van der Waals surface area (Å²) in [6.45, 7) is 2.63. The van der Waals surface area contributed by atoms with Crippen LogP contribution in [0.2, 0.25) is 0 Å². The highest BCUT2D eigenvalue weighted by atomic mass is 32.2. The third kappa shape index (κ3) is 4.75. The normalized spacial score (nSPS) is 11.8. The van der Waals surface area contributed by atoms with Crippen molar-refractivity contribution in [1.82, 2.24) is 14.5 Å². The molecule has 0 aliphatic rings. The third-order valence-corrected chi connectivity index (χ3v) is 5.92. The maximum Gasteiger partial charge on any atom is 0.215 e. The van der Waals surface area contributed by atoms with Crippen molar-refractivity contribution in [3.8, 4) is 10.6 Å². The fraction of sp³-hybridized carbons (Fsp3) is 0.235. The highest BCUT2D eigenvalue weighted by molar-refractivity contribution is 7.88. The Labute approximate surface area is 150 Å². The largest absolute Gasteiger partial charge is 0.268 e. The third-order valence-electron chi connectivity index (χ3n) is 3.67. The Balaban J connectivity index is 1.58. The van der Waals surface area contributed by atoms with Crippen molar-refractivity contribution in [2.75, 3.05) is 6.54 Å². The molecule has 25 heavy (non-hydrogen) atoms. The van der Waals surface area contributed by atoms with Crippen LogP contribution in [0, 0.1) is 12.7 Å². The number of aromatic nitrogens is 2. The molecule has 0 atom stereocenters. The van der Waals surface area contributed by atoms with Gasteiger partial charge in [-0.3, -0.25) is 4.68 Å². The van der Waals surface area contributed by atoms with Crippen LogP contribution in [0.15, 0.2) is 47.8 Å². The van der Waals surface area contributed by atoms with E-state index in [4.69, 9.17) is 0 Å². The Hall–Kier alpha value is -2.03. The quantitative estimate of drug-likeness (QED) is 0.686. The molecular weight excluding hydrogens is 361 g/mol. The number of thiophene rings is 1. The van der Waals surface area contributed by atoms with Crippen LogP contribution in [0.5, 0.6) is 0 Å². The molecule has 5 nitrogen and oxygen atoms in total. The van der Waals surface area contributed by atoms with Crippen LogP contribution < -0.4 is 4.72 Å². The first-order valence-corrected chi connectivity index (χ1v) is 10.3. The second-order valence-electron chi connectivity index (χ2n) is 5.65. The molecule has 0 spiro atoms. The van der Waals surface area contributed by atoms with E-state index in [9.17, 15) is 12.8 Å². The number of benzene rings is 1. The molecule has 0 unspecified atom stereocenters. The summed E-state index contributed by atoms with van der Waals surface area (Å²) < 4.78 is 41.5. The topological polar surface area (TPSA) is 64.0 Å². The second kappa shape index (κ2) is 7.47. The van der Waals surface area contributed by atoms with E-state index in [1.807, 2.05) is 30.5 Å². The van der Waals surface area contributed by atoms with Gasteiger partial charge in [0.15, 0.2) is 0 Å². The predicted molar refractivity (Wildman–Crippen MR) is 97.3 cm³/mol. The summed E-state index contributed by atoms with van der Waals surface area (Å²) in [6.07, 6.45) is 0. The maximum atomic E-state index is 12.9. The molecule has 0 aliphatic carbocycles. The summed E-state index contributed by atoms with van der Waals surface area (Å²) in [7, 11) is -3.48. The minimum atomic E-state index is -3.48. The average Bonchev–Trinajstić information content (AvgIpc) is 3.19. The first kappa shape index (κ1) is 17.8. The molecule has 1 aromatic carbocycles. The van der Waals surface area contributed by atoms with Gasteiger partial charge < -0.3 is 0 Å². The molecule has 2 aromatic heterocycles. The molecule has 0 fully saturated rings. The van der Waals surface area contributed by atoms with E-state index >= 15 is 0 Å². The number of rotatable bonds is 7. The van der Waals surface area contributed by atoms with Gasteiger partial charge in [-0.05, 0) is 42.1 Å². The molecule has 0 amide bonds. The molecule has 3 aromatic rings.